The van der Waals surface area contributed by atoms with Crippen LogP contribution in [0.1, 0.15) is 37.8 Å². The second kappa shape index (κ2) is 10.3. The topological polar surface area (TPSA) is 45.2 Å². The van der Waals surface area contributed by atoms with Gasteiger partial charge in [0, 0.05) is 20.2 Å². The summed E-state index contributed by atoms with van der Waals surface area (Å²) in [6, 6.07) is 18.4. The molecule has 0 saturated carbocycles. The van der Waals surface area contributed by atoms with E-state index in [-0.39, 0.29) is 18.2 Å². The molecule has 1 N–H and O–H groups in total. The summed E-state index contributed by atoms with van der Waals surface area (Å²) < 4.78 is 11.7. The molecule has 166 valence electrons. The highest BCUT2D eigenvalue weighted by molar-refractivity contribution is 5.62. The summed E-state index contributed by atoms with van der Waals surface area (Å²) >= 11 is 0. The molecule has 5 heteroatoms. The SMILES string of the molecule is CC=CCCC(C(O)N1c2ccccc2OCC1c1ccccc1)N1CCC(OC)C1. The molecule has 2 aliphatic rings. The molecule has 1 saturated heterocycles. The molecule has 4 unspecified atom stereocenters. The molecule has 5 nitrogen and oxygen atoms in total. The molecule has 0 radical (unpaired) electrons. The predicted molar refractivity (Wildman–Crippen MR) is 124 cm³/mol. The normalized spacial score (nSPS) is 23.5. The Labute approximate surface area is 185 Å². The van der Waals surface area contributed by atoms with Crippen molar-refractivity contribution in [3.63, 3.8) is 0 Å². The van der Waals surface area contributed by atoms with Crippen molar-refractivity contribution in [2.24, 2.45) is 0 Å². The first-order valence-corrected chi connectivity index (χ1v) is 11.3. The molecule has 2 aromatic carbocycles. The number of likely N-dealkylation sites (tertiary alicyclic amines) is 1. The average molecular weight is 423 g/mol. The first kappa shape index (κ1) is 21.9. The van der Waals surface area contributed by atoms with E-state index in [1.54, 1.807) is 7.11 Å². The van der Waals surface area contributed by atoms with Gasteiger partial charge in [-0.25, -0.2) is 0 Å². The number of benzene rings is 2. The van der Waals surface area contributed by atoms with E-state index in [1.807, 2.05) is 43.3 Å². The predicted octanol–water partition coefficient (Wildman–Crippen LogP) is 4.39. The van der Waals surface area contributed by atoms with E-state index in [0.717, 1.165) is 49.4 Å². The van der Waals surface area contributed by atoms with Crippen LogP contribution in [0.3, 0.4) is 0 Å². The van der Waals surface area contributed by atoms with Crippen LogP contribution in [0.25, 0.3) is 0 Å². The fourth-order valence-electron chi connectivity index (χ4n) is 4.86. The summed E-state index contributed by atoms with van der Waals surface area (Å²) in [5, 5.41) is 11.9. The Kier molecular flexibility index (Phi) is 7.28. The number of para-hydroxylation sites is 2. The standard InChI is InChI=1S/C26H34N2O3/c1-3-4-6-14-23(27-17-16-21(18-27)30-2)26(29)28-22-13-9-10-15-25(22)31-19-24(28)20-11-7-5-8-12-20/h3-5,7-13,15,21,23-24,26,29H,6,14,16-19H2,1-2H3. The van der Waals surface area contributed by atoms with Gasteiger partial charge in [0.25, 0.3) is 0 Å². The Hall–Kier alpha value is -2.34. The van der Waals surface area contributed by atoms with Crippen molar-refractivity contribution in [3.8, 4) is 5.75 Å². The van der Waals surface area contributed by atoms with Gasteiger partial charge in [-0.2, -0.15) is 0 Å². The molecule has 31 heavy (non-hydrogen) atoms. The van der Waals surface area contributed by atoms with Gasteiger partial charge in [0.05, 0.1) is 23.9 Å². The summed E-state index contributed by atoms with van der Waals surface area (Å²) in [6.07, 6.45) is 6.69. The van der Waals surface area contributed by atoms with E-state index in [2.05, 4.69) is 40.2 Å². The molecule has 0 spiro atoms. The zero-order valence-electron chi connectivity index (χ0n) is 18.6. The lowest BCUT2D eigenvalue weighted by Gasteiger charge is -2.46. The number of methoxy groups -OCH3 is 1. The summed E-state index contributed by atoms with van der Waals surface area (Å²) in [7, 11) is 1.78. The minimum atomic E-state index is -0.656. The second-order valence-electron chi connectivity index (χ2n) is 8.38. The number of hydrogen-bond acceptors (Lipinski definition) is 5. The van der Waals surface area contributed by atoms with Crippen LogP contribution >= 0.6 is 0 Å². The van der Waals surface area contributed by atoms with Crippen LogP contribution in [0.5, 0.6) is 5.75 Å². The molecule has 2 aromatic rings. The summed E-state index contributed by atoms with van der Waals surface area (Å²) in [4.78, 5) is 4.58. The van der Waals surface area contributed by atoms with Crippen LogP contribution in [0, 0.1) is 0 Å². The molecule has 2 heterocycles. The van der Waals surface area contributed by atoms with Gasteiger partial charge in [-0.05, 0) is 43.9 Å². The van der Waals surface area contributed by atoms with Gasteiger partial charge in [0.15, 0.2) is 0 Å². The van der Waals surface area contributed by atoms with Gasteiger partial charge in [0.1, 0.15) is 18.6 Å². The van der Waals surface area contributed by atoms with Crippen LogP contribution in [0.2, 0.25) is 0 Å². The highest BCUT2D eigenvalue weighted by atomic mass is 16.5. The maximum atomic E-state index is 11.9. The number of anilines is 1. The van der Waals surface area contributed by atoms with Crippen molar-refractivity contribution in [2.45, 2.75) is 50.6 Å². The Morgan fingerprint density at radius 3 is 2.68 bits per heavy atom. The van der Waals surface area contributed by atoms with Crippen molar-refractivity contribution < 1.29 is 14.6 Å². The van der Waals surface area contributed by atoms with Gasteiger partial charge in [-0.15, -0.1) is 0 Å². The fraction of sp³-hybridized carbons (Fsp3) is 0.462. The number of allylic oxidation sites excluding steroid dienone is 2. The molecule has 0 bridgehead atoms. The average Bonchev–Trinajstić information content (AvgIpc) is 3.30. The molecule has 0 aliphatic carbocycles. The summed E-state index contributed by atoms with van der Waals surface area (Å²) in [5.41, 5.74) is 2.10. The number of ether oxygens (including phenoxy) is 2. The lowest BCUT2D eigenvalue weighted by atomic mass is 9.99. The number of aliphatic hydroxyl groups is 1. The Bertz CT molecular complexity index is 857. The Morgan fingerprint density at radius 1 is 1.16 bits per heavy atom. The molecule has 1 fully saturated rings. The summed E-state index contributed by atoms with van der Waals surface area (Å²) in [5.74, 6) is 0.831. The van der Waals surface area contributed by atoms with Gasteiger partial charge >= 0.3 is 0 Å². The van der Waals surface area contributed by atoms with Gasteiger partial charge in [-0.1, -0.05) is 54.6 Å². The molecular weight excluding hydrogens is 388 g/mol. The van der Waals surface area contributed by atoms with E-state index >= 15 is 0 Å². The minimum absolute atomic E-state index is 0.00807. The number of nitrogens with zero attached hydrogens (tertiary/aromatic N) is 2. The monoisotopic (exact) mass is 422 g/mol. The first-order valence-electron chi connectivity index (χ1n) is 11.3. The lowest BCUT2D eigenvalue weighted by Crippen LogP contribution is -2.54. The Balaban J connectivity index is 1.68. The maximum Gasteiger partial charge on any atom is 0.143 e. The van der Waals surface area contributed by atoms with Crippen LogP contribution in [-0.2, 0) is 4.74 Å². The minimum Gasteiger partial charge on any atom is -0.489 e. The van der Waals surface area contributed by atoms with Gasteiger partial charge < -0.3 is 19.5 Å². The quantitative estimate of drug-likeness (QED) is 0.639. The Morgan fingerprint density at radius 2 is 1.94 bits per heavy atom. The molecule has 4 atom stereocenters. The van der Waals surface area contributed by atoms with Crippen LogP contribution < -0.4 is 9.64 Å². The number of fused-ring (bicyclic) bond motifs is 1. The van der Waals surface area contributed by atoms with Gasteiger partial charge in [0.2, 0.25) is 0 Å². The van der Waals surface area contributed by atoms with E-state index in [0.29, 0.717) is 6.61 Å². The molecule has 0 aromatic heterocycles. The third-order valence-electron chi connectivity index (χ3n) is 6.53. The molecular formula is C26H34N2O3. The van der Waals surface area contributed by atoms with Crippen molar-refractivity contribution in [2.75, 3.05) is 31.7 Å². The zero-order valence-corrected chi connectivity index (χ0v) is 18.6. The molecule has 4 rings (SSSR count). The smallest absolute Gasteiger partial charge is 0.143 e. The van der Waals surface area contributed by atoms with Crippen molar-refractivity contribution in [1.82, 2.24) is 4.90 Å². The third kappa shape index (κ3) is 4.79. The van der Waals surface area contributed by atoms with E-state index in [4.69, 9.17) is 9.47 Å². The highest BCUT2D eigenvalue weighted by Crippen LogP contribution is 2.41. The summed E-state index contributed by atoms with van der Waals surface area (Å²) in [6.45, 7) is 4.36. The van der Waals surface area contributed by atoms with Crippen LogP contribution in [-0.4, -0.2) is 55.2 Å². The van der Waals surface area contributed by atoms with Crippen molar-refractivity contribution in [1.29, 1.82) is 0 Å². The maximum absolute atomic E-state index is 11.9. The number of hydrogen-bond donors (Lipinski definition) is 1. The van der Waals surface area contributed by atoms with E-state index in [9.17, 15) is 5.11 Å². The van der Waals surface area contributed by atoms with Gasteiger partial charge in [-0.3, -0.25) is 4.90 Å². The zero-order chi connectivity index (χ0) is 21.6. The van der Waals surface area contributed by atoms with Crippen LogP contribution in [0.4, 0.5) is 5.69 Å². The van der Waals surface area contributed by atoms with Crippen molar-refractivity contribution >= 4 is 5.69 Å². The highest BCUT2D eigenvalue weighted by Gasteiger charge is 2.40. The largest absolute Gasteiger partial charge is 0.489 e. The third-order valence-corrected chi connectivity index (χ3v) is 6.53. The molecule has 2 aliphatic heterocycles. The number of rotatable bonds is 8. The second-order valence-corrected chi connectivity index (χ2v) is 8.38. The fourth-order valence-corrected chi connectivity index (χ4v) is 4.86. The first-order chi connectivity index (χ1) is 15.2. The van der Waals surface area contributed by atoms with Crippen LogP contribution in [0.15, 0.2) is 66.7 Å². The van der Waals surface area contributed by atoms with E-state index in [1.165, 1.54) is 0 Å². The van der Waals surface area contributed by atoms with E-state index < -0.39 is 6.23 Å². The lowest BCUT2D eigenvalue weighted by molar-refractivity contribution is 0.0301. The van der Waals surface area contributed by atoms with Crippen molar-refractivity contribution in [3.05, 3.63) is 72.3 Å². The molecule has 0 amide bonds. The number of aliphatic hydroxyl groups excluding tert-OH is 1.